The van der Waals surface area contributed by atoms with Crippen LogP contribution < -0.4 is 0 Å². The molecule has 88 valence electrons. The molecular formula is C16H13NO. The Bertz CT molecular complexity index is 714. The van der Waals surface area contributed by atoms with Crippen LogP contribution in [0, 0.1) is 6.92 Å². The highest BCUT2D eigenvalue weighted by molar-refractivity contribution is 5.95. The van der Waals surface area contributed by atoms with Crippen LogP contribution in [0.1, 0.15) is 5.56 Å². The van der Waals surface area contributed by atoms with Crippen molar-refractivity contribution in [3.63, 3.8) is 0 Å². The lowest BCUT2D eigenvalue weighted by molar-refractivity contribution is 0.475. The van der Waals surface area contributed by atoms with Crippen LogP contribution in [0.25, 0.3) is 22.0 Å². The first-order valence-electron chi connectivity index (χ1n) is 5.89. The van der Waals surface area contributed by atoms with E-state index in [9.17, 15) is 5.11 Å². The number of phenolic OH excluding ortho intramolecular Hbond substituents is 1. The van der Waals surface area contributed by atoms with Crippen LogP contribution in [0.3, 0.4) is 0 Å². The lowest BCUT2D eigenvalue weighted by Gasteiger charge is -2.09. The number of pyridine rings is 1. The van der Waals surface area contributed by atoms with Gasteiger partial charge in [0.2, 0.25) is 0 Å². The van der Waals surface area contributed by atoms with E-state index in [1.165, 1.54) is 0 Å². The monoisotopic (exact) mass is 235 g/mol. The molecule has 0 radical (unpaired) electrons. The lowest BCUT2D eigenvalue weighted by Crippen LogP contribution is -1.86. The van der Waals surface area contributed by atoms with Crippen molar-refractivity contribution >= 4 is 10.9 Å². The first-order valence-corrected chi connectivity index (χ1v) is 5.89. The molecule has 0 aliphatic heterocycles. The summed E-state index contributed by atoms with van der Waals surface area (Å²) in [7, 11) is 0. The molecule has 18 heavy (non-hydrogen) atoms. The molecule has 0 aliphatic carbocycles. The topological polar surface area (TPSA) is 33.1 Å². The van der Waals surface area contributed by atoms with Crippen molar-refractivity contribution in [2.75, 3.05) is 0 Å². The van der Waals surface area contributed by atoms with Crippen LogP contribution in [-0.4, -0.2) is 10.1 Å². The van der Waals surface area contributed by atoms with Crippen molar-refractivity contribution in [2.24, 2.45) is 0 Å². The summed E-state index contributed by atoms with van der Waals surface area (Å²) in [4.78, 5) is 4.37. The van der Waals surface area contributed by atoms with Crippen molar-refractivity contribution < 1.29 is 5.11 Å². The van der Waals surface area contributed by atoms with Gasteiger partial charge in [-0.1, -0.05) is 24.3 Å². The molecule has 2 aromatic carbocycles. The quantitative estimate of drug-likeness (QED) is 0.693. The van der Waals surface area contributed by atoms with Crippen LogP contribution in [-0.2, 0) is 0 Å². The third-order valence-electron chi connectivity index (χ3n) is 3.15. The summed E-state index contributed by atoms with van der Waals surface area (Å²) in [6.07, 6.45) is 1.80. The average Bonchev–Trinajstić information content (AvgIpc) is 2.38. The van der Waals surface area contributed by atoms with E-state index in [4.69, 9.17) is 0 Å². The van der Waals surface area contributed by atoms with Gasteiger partial charge in [-0.15, -0.1) is 0 Å². The molecular weight excluding hydrogens is 222 g/mol. The summed E-state index contributed by atoms with van der Waals surface area (Å²) in [5, 5.41) is 10.6. The fourth-order valence-electron chi connectivity index (χ4n) is 2.29. The van der Waals surface area contributed by atoms with Gasteiger partial charge in [0.25, 0.3) is 0 Å². The predicted molar refractivity (Wildman–Crippen MR) is 73.6 cm³/mol. The summed E-state index contributed by atoms with van der Waals surface area (Å²) < 4.78 is 0. The van der Waals surface area contributed by atoms with E-state index in [-0.39, 0.29) is 0 Å². The van der Waals surface area contributed by atoms with E-state index in [0.29, 0.717) is 5.75 Å². The minimum atomic E-state index is 0.301. The zero-order chi connectivity index (χ0) is 12.5. The Morgan fingerprint density at radius 1 is 0.944 bits per heavy atom. The van der Waals surface area contributed by atoms with Gasteiger partial charge in [0.1, 0.15) is 5.75 Å². The van der Waals surface area contributed by atoms with Gasteiger partial charge in [-0.25, -0.2) is 0 Å². The molecule has 2 nitrogen and oxygen atoms in total. The zero-order valence-electron chi connectivity index (χ0n) is 10.1. The maximum atomic E-state index is 9.49. The van der Waals surface area contributed by atoms with E-state index in [2.05, 4.69) is 17.1 Å². The van der Waals surface area contributed by atoms with Crippen LogP contribution in [0.4, 0.5) is 0 Å². The molecule has 0 atom stereocenters. The van der Waals surface area contributed by atoms with E-state index in [1.807, 2.05) is 31.2 Å². The summed E-state index contributed by atoms with van der Waals surface area (Å²) >= 11 is 0. The van der Waals surface area contributed by atoms with Crippen LogP contribution >= 0.6 is 0 Å². The number of aryl methyl sites for hydroxylation is 1. The number of phenols is 1. The number of rotatable bonds is 1. The summed E-state index contributed by atoms with van der Waals surface area (Å²) in [5.74, 6) is 0.301. The zero-order valence-corrected chi connectivity index (χ0v) is 10.1. The van der Waals surface area contributed by atoms with Gasteiger partial charge in [-0.05, 0) is 47.9 Å². The SMILES string of the molecule is Cc1cc(O)ccc1-c1cccc2ncccc12. The second-order valence-electron chi connectivity index (χ2n) is 4.37. The maximum absolute atomic E-state index is 9.49. The first kappa shape index (κ1) is 10.8. The molecule has 0 bridgehead atoms. The van der Waals surface area contributed by atoms with Crippen LogP contribution in [0.2, 0.25) is 0 Å². The average molecular weight is 235 g/mol. The number of hydrogen-bond acceptors (Lipinski definition) is 2. The van der Waals surface area contributed by atoms with Crippen LogP contribution in [0.15, 0.2) is 54.7 Å². The molecule has 1 aromatic heterocycles. The molecule has 0 fully saturated rings. The lowest BCUT2D eigenvalue weighted by atomic mass is 9.97. The normalized spacial score (nSPS) is 10.7. The first-order chi connectivity index (χ1) is 8.75. The molecule has 3 aromatic rings. The van der Waals surface area contributed by atoms with Gasteiger partial charge in [0.05, 0.1) is 5.52 Å². The number of aromatic nitrogens is 1. The van der Waals surface area contributed by atoms with Crippen molar-refractivity contribution in [2.45, 2.75) is 6.92 Å². The molecule has 0 amide bonds. The van der Waals surface area contributed by atoms with Crippen molar-refractivity contribution in [1.29, 1.82) is 0 Å². The predicted octanol–water partition coefficient (Wildman–Crippen LogP) is 3.92. The molecule has 0 unspecified atom stereocenters. The Morgan fingerprint density at radius 3 is 2.67 bits per heavy atom. The molecule has 0 saturated carbocycles. The Kier molecular flexibility index (Phi) is 2.49. The molecule has 1 N–H and O–H groups in total. The Hall–Kier alpha value is -2.35. The van der Waals surface area contributed by atoms with Gasteiger partial charge in [0, 0.05) is 11.6 Å². The highest BCUT2D eigenvalue weighted by atomic mass is 16.3. The third-order valence-corrected chi connectivity index (χ3v) is 3.15. The minimum Gasteiger partial charge on any atom is -0.508 e. The van der Waals surface area contributed by atoms with Gasteiger partial charge in [-0.3, -0.25) is 4.98 Å². The van der Waals surface area contributed by atoms with Crippen molar-refractivity contribution in [1.82, 2.24) is 4.98 Å². The Morgan fingerprint density at radius 2 is 1.83 bits per heavy atom. The standard InChI is InChI=1S/C16H13NO/c1-11-10-12(18)7-8-13(11)14-4-2-6-16-15(14)5-3-9-17-16/h2-10,18H,1H3. The summed E-state index contributed by atoms with van der Waals surface area (Å²) in [6, 6.07) is 15.6. The molecule has 0 spiro atoms. The van der Waals surface area contributed by atoms with E-state index < -0.39 is 0 Å². The van der Waals surface area contributed by atoms with Gasteiger partial charge in [0.15, 0.2) is 0 Å². The van der Waals surface area contributed by atoms with E-state index in [1.54, 1.807) is 18.3 Å². The highest BCUT2D eigenvalue weighted by Gasteiger charge is 2.06. The van der Waals surface area contributed by atoms with Crippen LogP contribution in [0.5, 0.6) is 5.75 Å². The van der Waals surface area contributed by atoms with E-state index in [0.717, 1.165) is 27.6 Å². The van der Waals surface area contributed by atoms with Gasteiger partial charge in [-0.2, -0.15) is 0 Å². The van der Waals surface area contributed by atoms with Crippen molar-refractivity contribution in [3.05, 3.63) is 60.3 Å². The number of hydrogen-bond donors (Lipinski definition) is 1. The number of nitrogens with zero attached hydrogens (tertiary/aromatic N) is 1. The molecule has 1 heterocycles. The second-order valence-corrected chi connectivity index (χ2v) is 4.37. The van der Waals surface area contributed by atoms with Crippen molar-refractivity contribution in [3.8, 4) is 16.9 Å². The van der Waals surface area contributed by atoms with E-state index >= 15 is 0 Å². The number of benzene rings is 2. The largest absolute Gasteiger partial charge is 0.508 e. The smallest absolute Gasteiger partial charge is 0.115 e. The molecule has 2 heteroatoms. The fraction of sp³-hybridized carbons (Fsp3) is 0.0625. The maximum Gasteiger partial charge on any atom is 0.115 e. The third kappa shape index (κ3) is 1.72. The Balaban J connectivity index is 2.31. The Labute approximate surface area is 106 Å². The molecule has 3 rings (SSSR count). The molecule has 0 aliphatic rings. The molecule has 0 saturated heterocycles. The minimum absolute atomic E-state index is 0.301. The number of aromatic hydroxyl groups is 1. The summed E-state index contributed by atoms with van der Waals surface area (Å²) in [6.45, 7) is 2.00. The number of fused-ring (bicyclic) bond motifs is 1. The summed E-state index contributed by atoms with van der Waals surface area (Å²) in [5.41, 5.74) is 4.33. The second kappa shape index (κ2) is 4.15. The fourth-order valence-corrected chi connectivity index (χ4v) is 2.29. The van der Waals surface area contributed by atoms with Gasteiger partial charge < -0.3 is 5.11 Å². The van der Waals surface area contributed by atoms with Gasteiger partial charge >= 0.3 is 0 Å². The highest BCUT2D eigenvalue weighted by Crippen LogP contribution is 2.31.